The first-order chi connectivity index (χ1) is 5.40. The van der Waals surface area contributed by atoms with E-state index in [2.05, 4.69) is 28.9 Å². The number of para-hydroxylation sites is 1. The molecule has 0 unspecified atom stereocenters. The van der Waals surface area contributed by atoms with Gasteiger partial charge >= 0.3 is 0 Å². The van der Waals surface area contributed by atoms with Gasteiger partial charge in [0.1, 0.15) is 6.54 Å². The van der Waals surface area contributed by atoms with Crippen LogP contribution >= 0.6 is 0 Å². The molecule has 0 atom stereocenters. The Balaban J connectivity index is 0.000000720. The molecule has 64 valence electrons. The minimum absolute atomic E-state index is 0. The minimum atomic E-state index is 0. The number of aromatic nitrogens is 1. The topological polar surface area (TPSA) is 43.4 Å². The first-order valence-electron chi connectivity index (χ1n) is 3.76. The second-order valence-electron chi connectivity index (χ2n) is 2.63. The lowest BCUT2D eigenvalue weighted by Gasteiger charge is -1.84. The SMILES string of the molecule is [I-].[NH3+]Cc1cc2ccccc2[nH]1. The normalized spacial score (nSPS) is 9.75. The largest absolute Gasteiger partial charge is 1.00 e. The van der Waals surface area contributed by atoms with Crippen molar-refractivity contribution in [1.82, 2.24) is 4.98 Å². The van der Waals surface area contributed by atoms with Crippen LogP contribution in [-0.2, 0) is 6.54 Å². The number of quaternary nitrogens is 1. The molecular weight excluding hydrogens is 263 g/mol. The highest BCUT2D eigenvalue weighted by Crippen LogP contribution is 2.13. The number of benzene rings is 1. The molecule has 0 spiro atoms. The van der Waals surface area contributed by atoms with Crippen LogP contribution in [0.2, 0.25) is 0 Å². The van der Waals surface area contributed by atoms with Crippen molar-refractivity contribution in [2.24, 2.45) is 0 Å². The summed E-state index contributed by atoms with van der Waals surface area (Å²) >= 11 is 0. The quantitative estimate of drug-likeness (QED) is 0.560. The fourth-order valence-corrected chi connectivity index (χ4v) is 1.27. The second-order valence-corrected chi connectivity index (χ2v) is 2.63. The first-order valence-corrected chi connectivity index (χ1v) is 3.76. The zero-order chi connectivity index (χ0) is 7.68. The van der Waals surface area contributed by atoms with Crippen LogP contribution in [0.5, 0.6) is 0 Å². The molecule has 0 fully saturated rings. The molecule has 0 radical (unpaired) electrons. The summed E-state index contributed by atoms with van der Waals surface area (Å²) in [5.41, 5.74) is 6.22. The summed E-state index contributed by atoms with van der Waals surface area (Å²) in [6.45, 7) is 0.828. The third-order valence-electron chi connectivity index (χ3n) is 1.86. The molecule has 2 aromatic rings. The fourth-order valence-electron chi connectivity index (χ4n) is 1.27. The molecule has 1 aromatic heterocycles. The van der Waals surface area contributed by atoms with E-state index < -0.39 is 0 Å². The number of halogens is 1. The van der Waals surface area contributed by atoms with Gasteiger partial charge in [0.15, 0.2) is 0 Å². The second kappa shape index (κ2) is 3.91. The van der Waals surface area contributed by atoms with Crippen molar-refractivity contribution in [3.05, 3.63) is 36.0 Å². The van der Waals surface area contributed by atoms with E-state index in [9.17, 15) is 0 Å². The standard InChI is InChI=1S/C9H10N2.HI/c10-6-8-5-7-3-1-2-4-9(7)11-8;/h1-5,11H,6,10H2;1H. The Kier molecular flexibility index (Phi) is 3.11. The van der Waals surface area contributed by atoms with Crippen molar-refractivity contribution in [2.45, 2.75) is 6.54 Å². The minimum Gasteiger partial charge on any atom is -1.00 e. The van der Waals surface area contributed by atoms with E-state index in [-0.39, 0.29) is 24.0 Å². The van der Waals surface area contributed by atoms with Gasteiger partial charge in [-0.25, -0.2) is 0 Å². The van der Waals surface area contributed by atoms with Crippen molar-refractivity contribution in [3.63, 3.8) is 0 Å². The average molecular weight is 274 g/mol. The molecular formula is C9H11IN2. The van der Waals surface area contributed by atoms with Crippen molar-refractivity contribution in [3.8, 4) is 0 Å². The summed E-state index contributed by atoms with van der Waals surface area (Å²) in [6.07, 6.45) is 0. The molecule has 12 heavy (non-hydrogen) atoms. The van der Waals surface area contributed by atoms with Gasteiger partial charge in [0, 0.05) is 5.52 Å². The van der Waals surface area contributed by atoms with Crippen LogP contribution < -0.4 is 29.7 Å². The monoisotopic (exact) mass is 274 g/mol. The van der Waals surface area contributed by atoms with Crippen molar-refractivity contribution >= 4 is 10.9 Å². The molecule has 3 heteroatoms. The summed E-state index contributed by atoms with van der Waals surface area (Å²) < 4.78 is 0. The Morgan fingerprint density at radius 3 is 2.67 bits per heavy atom. The lowest BCUT2D eigenvalue weighted by atomic mass is 10.2. The van der Waals surface area contributed by atoms with E-state index in [1.807, 2.05) is 12.1 Å². The van der Waals surface area contributed by atoms with Crippen LogP contribution in [0.25, 0.3) is 10.9 Å². The Morgan fingerprint density at radius 1 is 1.25 bits per heavy atom. The Bertz CT molecular complexity index is 334. The summed E-state index contributed by atoms with van der Waals surface area (Å²) in [7, 11) is 0. The number of hydrogen-bond acceptors (Lipinski definition) is 0. The molecule has 0 aliphatic rings. The zero-order valence-electron chi connectivity index (χ0n) is 6.68. The van der Waals surface area contributed by atoms with Gasteiger partial charge in [-0.05, 0) is 17.5 Å². The fraction of sp³-hybridized carbons (Fsp3) is 0.111. The molecule has 0 amide bonds. The third kappa shape index (κ3) is 1.61. The summed E-state index contributed by atoms with van der Waals surface area (Å²) in [4.78, 5) is 3.28. The van der Waals surface area contributed by atoms with E-state index in [0.29, 0.717) is 0 Å². The van der Waals surface area contributed by atoms with Crippen LogP contribution in [0.15, 0.2) is 30.3 Å². The number of fused-ring (bicyclic) bond motifs is 1. The third-order valence-corrected chi connectivity index (χ3v) is 1.86. The number of hydrogen-bond donors (Lipinski definition) is 2. The van der Waals surface area contributed by atoms with E-state index in [0.717, 1.165) is 6.54 Å². The molecule has 1 aromatic carbocycles. The molecule has 0 aliphatic heterocycles. The first kappa shape index (κ1) is 9.54. The van der Waals surface area contributed by atoms with Gasteiger partial charge in [-0.15, -0.1) is 0 Å². The maximum Gasteiger partial charge on any atom is 0.115 e. The Morgan fingerprint density at radius 2 is 2.00 bits per heavy atom. The summed E-state index contributed by atoms with van der Waals surface area (Å²) in [6, 6.07) is 10.4. The predicted molar refractivity (Wildman–Crippen MR) is 44.9 cm³/mol. The summed E-state index contributed by atoms with van der Waals surface area (Å²) in [5, 5.41) is 1.27. The van der Waals surface area contributed by atoms with Crippen molar-refractivity contribution < 1.29 is 29.7 Å². The van der Waals surface area contributed by atoms with Crippen molar-refractivity contribution in [2.75, 3.05) is 0 Å². The highest BCUT2D eigenvalue weighted by Gasteiger charge is 1.97. The number of nitrogens with one attached hydrogen (secondary N) is 1. The lowest BCUT2D eigenvalue weighted by Crippen LogP contribution is -3.00. The van der Waals surface area contributed by atoms with Gasteiger partial charge in [0.05, 0.1) is 5.69 Å². The Hall–Kier alpha value is -0.550. The van der Waals surface area contributed by atoms with Crippen LogP contribution in [0, 0.1) is 0 Å². The molecule has 0 bridgehead atoms. The number of H-pyrrole nitrogens is 1. The van der Waals surface area contributed by atoms with Gasteiger partial charge in [0.2, 0.25) is 0 Å². The maximum atomic E-state index is 3.82. The predicted octanol–water partition coefficient (Wildman–Crippen LogP) is -2.09. The molecule has 2 nitrogen and oxygen atoms in total. The van der Waals surface area contributed by atoms with E-state index in [1.165, 1.54) is 16.6 Å². The number of aromatic amines is 1. The van der Waals surface area contributed by atoms with E-state index in [1.54, 1.807) is 0 Å². The molecule has 2 rings (SSSR count). The van der Waals surface area contributed by atoms with Gasteiger partial charge in [-0.2, -0.15) is 0 Å². The van der Waals surface area contributed by atoms with Crippen LogP contribution in [0.1, 0.15) is 5.69 Å². The molecule has 0 saturated heterocycles. The highest BCUT2D eigenvalue weighted by atomic mass is 127. The molecule has 1 heterocycles. The smallest absolute Gasteiger partial charge is 0.115 e. The van der Waals surface area contributed by atoms with Gasteiger partial charge in [-0.1, -0.05) is 18.2 Å². The maximum absolute atomic E-state index is 3.82. The highest BCUT2D eigenvalue weighted by molar-refractivity contribution is 5.80. The van der Waals surface area contributed by atoms with Gasteiger partial charge < -0.3 is 34.7 Å². The van der Waals surface area contributed by atoms with Gasteiger partial charge in [0.25, 0.3) is 0 Å². The van der Waals surface area contributed by atoms with Crippen LogP contribution in [0.4, 0.5) is 0 Å². The number of rotatable bonds is 1. The van der Waals surface area contributed by atoms with Crippen molar-refractivity contribution in [1.29, 1.82) is 0 Å². The zero-order valence-corrected chi connectivity index (χ0v) is 8.84. The van der Waals surface area contributed by atoms with E-state index in [4.69, 9.17) is 0 Å². The summed E-state index contributed by atoms with van der Waals surface area (Å²) in [5.74, 6) is 0. The molecule has 0 saturated carbocycles. The van der Waals surface area contributed by atoms with E-state index >= 15 is 0 Å². The van der Waals surface area contributed by atoms with Crippen LogP contribution in [0.3, 0.4) is 0 Å². The average Bonchev–Trinajstić information content (AvgIpc) is 2.46. The Labute approximate surface area is 88.2 Å². The molecule has 4 N–H and O–H groups in total. The van der Waals surface area contributed by atoms with Crippen LogP contribution in [-0.4, -0.2) is 4.98 Å². The molecule has 0 aliphatic carbocycles. The lowest BCUT2D eigenvalue weighted by molar-refractivity contribution is -0.387. The van der Waals surface area contributed by atoms with Gasteiger partial charge in [-0.3, -0.25) is 0 Å².